The Kier molecular flexibility index (Phi) is 5.88. The summed E-state index contributed by atoms with van der Waals surface area (Å²) >= 11 is 0. The van der Waals surface area contributed by atoms with Crippen molar-refractivity contribution in [1.82, 2.24) is 0 Å². The van der Waals surface area contributed by atoms with Crippen molar-refractivity contribution in [1.29, 1.82) is 0 Å². The van der Waals surface area contributed by atoms with Crippen molar-refractivity contribution in [3.05, 3.63) is 65.4 Å². The Hall–Kier alpha value is -2.93. The number of hydrogen-bond acceptors (Lipinski definition) is 6. The fourth-order valence-corrected chi connectivity index (χ4v) is 3.94. The van der Waals surface area contributed by atoms with E-state index < -0.39 is 9.84 Å². The lowest BCUT2D eigenvalue weighted by molar-refractivity contribution is -0.124. The first-order chi connectivity index (χ1) is 13.7. The number of rotatable bonds is 5. The third-order valence-corrected chi connectivity index (χ3v) is 6.01. The van der Waals surface area contributed by atoms with Gasteiger partial charge >= 0.3 is 0 Å². The number of carbonyl (C=O) groups is 2. The molecule has 3 rings (SSSR count). The topological polar surface area (TPSA) is 97.7 Å². The number of sulfone groups is 1. The van der Waals surface area contributed by atoms with E-state index in [0.29, 0.717) is 11.5 Å². The van der Waals surface area contributed by atoms with Crippen LogP contribution in [0, 0.1) is 0 Å². The predicted molar refractivity (Wildman–Crippen MR) is 108 cm³/mol. The second-order valence-electron chi connectivity index (χ2n) is 7.04. The summed E-state index contributed by atoms with van der Waals surface area (Å²) < 4.78 is 28.7. The molecule has 1 saturated carbocycles. The number of Topliss-reactive ketones (excluding diaryl/α,β-unsaturated/α-hetero) is 2. The van der Waals surface area contributed by atoms with Crippen LogP contribution in [0.25, 0.3) is 0 Å². The van der Waals surface area contributed by atoms with Gasteiger partial charge in [0.25, 0.3) is 0 Å². The zero-order chi connectivity index (χ0) is 21.2. The third-order valence-electron chi connectivity index (χ3n) is 4.88. The molecule has 152 valence electrons. The summed E-state index contributed by atoms with van der Waals surface area (Å²) in [4.78, 5) is 24.8. The summed E-state index contributed by atoms with van der Waals surface area (Å²) in [5, 5.41) is 9.81. The lowest BCUT2D eigenvalue weighted by Gasteiger charge is -2.23. The molecule has 0 bridgehead atoms. The Morgan fingerprint density at radius 1 is 0.966 bits per heavy atom. The number of aliphatic hydroxyl groups is 1. The molecule has 0 amide bonds. The zero-order valence-corrected chi connectivity index (χ0v) is 17.0. The average Bonchev–Trinajstić information content (AvgIpc) is 2.67. The van der Waals surface area contributed by atoms with Crippen LogP contribution in [0.3, 0.4) is 0 Å². The predicted octanol–water partition coefficient (Wildman–Crippen LogP) is 4.12. The number of carbonyl (C=O) groups excluding carboxylic acids is 2. The van der Waals surface area contributed by atoms with E-state index in [1.165, 1.54) is 12.1 Å². The molecule has 0 heterocycles. The molecule has 29 heavy (non-hydrogen) atoms. The van der Waals surface area contributed by atoms with Gasteiger partial charge in [0.05, 0.1) is 10.5 Å². The van der Waals surface area contributed by atoms with E-state index in [9.17, 15) is 23.1 Å². The summed E-state index contributed by atoms with van der Waals surface area (Å²) in [6.07, 6.45) is 1.76. The van der Waals surface area contributed by atoms with Crippen LogP contribution in [0.2, 0.25) is 0 Å². The first-order valence-corrected chi connectivity index (χ1v) is 11.1. The van der Waals surface area contributed by atoms with Gasteiger partial charge in [-0.3, -0.25) is 9.59 Å². The van der Waals surface area contributed by atoms with Crippen molar-refractivity contribution in [2.24, 2.45) is 0 Å². The van der Waals surface area contributed by atoms with Gasteiger partial charge in [-0.25, -0.2) is 8.42 Å². The van der Waals surface area contributed by atoms with Crippen LogP contribution in [-0.2, 0) is 19.4 Å². The lowest BCUT2D eigenvalue weighted by atomic mass is 9.79. The monoisotopic (exact) mass is 414 g/mol. The molecule has 0 aliphatic heterocycles. The molecule has 0 saturated heterocycles. The van der Waals surface area contributed by atoms with Gasteiger partial charge in [-0.05, 0) is 47.9 Å². The quantitative estimate of drug-likeness (QED) is 0.449. The minimum absolute atomic E-state index is 0.0544. The molecule has 1 N–H and O–H groups in total. The number of ether oxygens (including phenoxy) is 1. The van der Waals surface area contributed by atoms with Gasteiger partial charge in [-0.1, -0.05) is 19.1 Å². The number of allylic oxidation sites excluding steroid dienone is 2. The maximum atomic E-state index is 12.3. The SMILES string of the molecule is CCC(O)=C1C(=O)CC(c2ccc(Oc3ccc(S(C)(=O)=O)cc3)cc2)CC1=O. The van der Waals surface area contributed by atoms with Crippen LogP contribution in [0.4, 0.5) is 0 Å². The maximum absolute atomic E-state index is 12.3. The van der Waals surface area contributed by atoms with Gasteiger partial charge in [0.15, 0.2) is 21.4 Å². The molecule has 0 aromatic heterocycles. The van der Waals surface area contributed by atoms with E-state index in [2.05, 4.69) is 0 Å². The Balaban J connectivity index is 1.71. The van der Waals surface area contributed by atoms with Crippen molar-refractivity contribution < 1.29 is 27.9 Å². The highest BCUT2D eigenvalue weighted by atomic mass is 32.2. The summed E-state index contributed by atoms with van der Waals surface area (Å²) in [5.41, 5.74) is 0.794. The Morgan fingerprint density at radius 3 is 1.90 bits per heavy atom. The molecule has 1 aliphatic rings. The highest BCUT2D eigenvalue weighted by molar-refractivity contribution is 7.90. The van der Waals surface area contributed by atoms with Crippen LogP contribution in [-0.4, -0.2) is 31.3 Å². The fourth-order valence-electron chi connectivity index (χ4n) is 3.31. The molecular formula is C22H22O6S. The van der Waals surface area contributed by atoms with Crippen molar-refractivity contribution >= 4 is 21.4 Å². The Bertz CT molecular complexity index is 1040. The summed E-state index contributed by atoms with van der Waals surface area (Å²) in [7, 11) is -3.26. The van der Waals surface area contributed by atoms with Gasteiger partial charge < -0.3 is 9.84 Å². The van der Waals surface area contributed by atoms with E-state index in [4.69, 9.17) is 4.74 Å². The Labute approximate surface area is 169 Å². The maximum Gasteiger partial charge on any atom is 0.175 e. The first-order valence-electron chi connectivity index (χ1n) is 9.25. The molecular weight excluding hydrogens is 392 g/mol. The fraction of sp³-hybridized carbons (Fsp3) is 0.273. The molecule has 1 fully saturated rings. The molecule has 0 atom stereocenters. The van der Waals surface area contributed by atoms with E-state index in [0.717, 1.165) is 11.8 Å². The standard InChI is InChI=1S/C22H22O6S/c1-3-19(23)22-20(24)12-15(13-21(22)25)14-4-6-16(7-5-14)28-17-8-10-18(11-9-17)29(2,26)27/h4-11,15,23H,3,12-13H2,1-2H3. The zero-order valence-electron chi connectivity index (χ0n) is 16.2. The molecule has 6 nitrogen and oxygen atoms in total. The average molecular weight is 414 g/mol. The van der Waals surface area contributed by atoms with E-state index in [-0.39, 0.29) is 53.0 Å². The largest absolute Gasteiger partial charge is 0.511 e. The number of hydrogen-bond donors (Lipinski definition) is 1. The normalized spacial score (nSPS) is 17.3. The van der Waals surface area contributed by atoms with Crippen LogP contribution in [0.15, 0.2) is 64.8 Å². The molecule has 2 aromatic rings. The van der Waals surface area contributed by atoms with Gasteiger partial charge in [-0.2, -0.15) is 0 Å². The van der Waals surface area contributed by atoms with E-state index in [1.807, 2.05) is 0 Å². The van der Waals surface area contributed by atoms with Gasteiger partial charge in [0.2, 0.25) is 0 Å². The smallest absolute Gasteiger partial charge is 0.175 e. The molecule has 0 unspecified atom stereocenters. The van der Waals surface area contributed by atoms with Crippen LogP contribution in [0.5, 0.6) is 11.5 Å². The van der Waals surface area contributed by atoms with Crippen LogP contribution < -0.4 is 4.74 Å². The van der Waals surface area contributed by atoms with Gasteiger partial charge in [0.1, 0.15) is 17.3 Å². The van der Waals surface area contributed by atoms with E-state index >= 15 is 0 Å². The molecule has 0 radical (unpaired) electrons. The highest BCUT2D eigenvalue weighted by Gasteiger charge is 2.33. The van der Waals surface area contributed by atoms with E-state index in [1.54, 1.807) is 43.3 Å². The summed E-state index contributed by atoms with van der Waals surface area (Å²) in [5.74, 6) is 0.0425. The molecule has 1 aliphatic carbocycles. The van der Waals surface area contributed by atoms with Crippen molar-refractivity contribution in [2.75, 3.05) is 6.26 Å². The van der Waals surface area contributed by atoms with Crippen molar-refractivity contribution in [3.63, 3.8) is 0 Å². The molecule has 0 spiro atoms. The Morgan fingerprint density at radius 2 is 1.45 bits per heavy atom. The minimum Gasteiger partial charge on any atom is -0.511 e. The van der Waals surface area contributed by atoms with Gasteiger partial charge in [-0.15, -0.1) is 0 Å². The minimum atomic E-state index is -3.26. The highest BCUT2D eigenvalue weighted by Crippen LogP contribution is 2.34. The van der Waals surface area contributed by atoms with Crippen LogP contribution in [0.1, 0.15) is 37.7 Å². The molecule has 7 heteroatoms. The number of aliphatic hydroxyl groups excluding tert-OH is 1. The third kappa shape index (κ3) is 4.74. The summed E-state index contributed by atoms with van der Waals surface area (Å²) in [6, 6.07) is 13.2. The van der Waals surface area contributed by atoms with Gasteiger partial charge in [0, 0.05) is 25.5 Å². The van der Waals surface area contributed by atoms with Crippen molar-refractivity contribution in [3.8, 4) is 11.5 Å². The molecule has 2 aromatic carbocycles. The van der Waals surface area contributed by atoms with Crippen LogP contribution >= 0.6 is 0 Å². The lowest BCUT2D eigenvalue weighted by Crippen LogP contribution is -2.26. The first kappa shape index (κ1) is 20.8. The number of benzene rings is 2. The second-order valence-corrected chi connectivity index (χ2v) is 9.06. The second kappa shape index (κ2) is 8.21. The number of ketones is 2. The van der Waals surface area contributed by atoms with Crippen molar-refractivity contribution in [2.45, 2.75) is 37.0 Å². The summed E-state index contributed by atoms with van der Waals surface area (Å²) in [6.45, 7) is 1.70.